The van der Waals surface area contributed by atoms with Crippen molar-refractivity contribution in [1.29, 1.82) is 0 Å². The Balaban J connectivity index is 1.73. The average Bonchev–Trinajstić information content (AvgIpc) is 2.76. The summed E-state index contributed by atoms with van der Waals surface area (Å²) in [5.41, 5.74) is 2.64. The highest BCUT2D eigenvalue weighted by Gasteiger charge is 2.21. The lowest BCUT2D eigenvalue weighted by Crippen LogP contribution is -2.21. The predicted octanol–water partition coefficient (Wildman–Crippen LogP) is 2.79. The number of rotatable bonds is 7. The molecule has 0 heterocycles. The maximum absolute atomic E-state index is 9.44. The molecule has 1 aliphatic carbocycles. The Hall–Kier alpha value is -1.06. The molecular formula is C15H23NO2. The van der Waals surface area contributed by atoms with Gasteiger partial charge in [0.1, 0.15) is 5.75 Å². The molecule has 100 valence electrons. The van der Waals surface area contributed by atoms with Crippen LogP contribution in [0.5, 0.6) is 5.75 Å². The summed E-state index contributed by atoms with van der Waals surface area (Å²) in [6.45, 7) is 4.83. The highest BCUT2D eigenvalue weighted by Crippen LogP contribution is 2.32. The second kappa shape index (κ2) is 6.76. The Kier molecular flexibility index (Phi) is 5.02. The number of phenols is 1. The molecule has 2 rings (SSSR count). The van der Waals surface area contributed by atoms with Gasteiger partial charge in [0.05, 0.1) is 0 Å². The maximum atomic E-state index is 9.44. The molecule has 1 aliphatic rings. The lowest BCUT2D eigenvalue weighted by Gasteiger charge is -2.14. The molecule has 1 unspecified atom stereocenters. The Bertz CT molecular complexity index is 379. The van der Waals surface area contributed by atoms with E-state index in [0.29, 0.717) is 11.8 Å². The van der Waals surface area contributed by atoms with Gasteiger partial charge in [0.15, 0.2) is 0 Å². The number of fused-ring (bicyclic) bond motifs is 1. The van der Waals surface area contributed by atoms with Crippen LogP contribution in [0.25, 0.3) is 0 Å². The molecule has 0 fully saturated rings. The molecule has 3 nitrogen and oxygen atoms in total. The third-order valence-corrected chi connectivity index (χ3v) is 3.41. The van der Waals surface area contributed by atoms with Gasteiger partial charge in [-0.1, -0.05) is 13.0 Å². The number of nitrogens with one attached hydrogen (secondary N) is 1. The van der Waals surface area contributed by atoms with Gasteiger partial charge in [-0.05, 0) is 55.5 Å². The summed E-state index contributed by atoms with van der Waals surface area (Å²) in [6.07, 6.45) is 4.35. The smallest absolute Gasteiger partial charge is 0.115 e. The van der Waals surface area contributed by atoms with Crippen LogP contribution in [0.2, 0.25) is 0 Å². The monoisotopic (exact) mass is 249 g/mol. The van der Waals surface area contributed by atoms with E-state index in [1.54, 1.807) is 6.07 Å². The third-order valence-electron chi connectivity index (χ3n) is 3.41. The van der Waals surface area contributed by atoms with Crippen LogP contribution in [0, 0.1) is 0 Å². The molecule has 0 radical (unpaired) electrons. The van der Waals surface area contributed by atoms with Crippen molar-refractivity contribution in [2.75, 3.05) is 19.8 Å². The van der Waals surface area contributed by atoms with Crippen LogP contribution in [0.15, 0.2) is 18.2 Å². The molecule has 0 saturated heterocycles. The molecule has 0 spiro atoms. The van der Waals surface area contributed by atoms with Gasteiger partial charge in [-0.15, -0.1) is 0 Å². The molecule has 0 saturated carbocycles. The number of benzene rings is 1. The summed E-state index contributed by atoms with van der Waals surface area (Å²) in [5, 5.41) is 13.0. The normalized spacial score (nSPS) is 17.9. The lowest BCUT2D eigenvalue weighted by atomic mass is 10.1. The van der Waals surface area contributed by atoms with Crippen LogP contribution in [0.4, 0.5) is 0 Å². The Labute approximate surface area is 109 Å². The van der Waals surface area contributed by atoms with Crippen molar-refractivity contribution in [3.63, 3.8) is 0 Å². The van der Waals surface area contributed by atoms with Gasteiger partial charge < -0.3 is 15.2 Å². The van der Waals surface area contributed by atoms with E-state index in [1.165, 1.54) is 11.1 Å². The Morgan fingerprint density at radius 1 is 1.39 bits per heavy atom. The fourth-order valence-corrected chi connectivity index (χ4v) is 2.51. The highest BCUT2D eigenvalue weighted by atomic mass is 16.5. The average molecular weight is 249 g/mol. The first-order chi connectivity index (χ1) is 8.81. The predicted molar refractivity (Wildman–Crippen MR) is 72.9 cm³/mol. The second-order valence-electron chi connectivity index (χ2n) is 4.89. The number of hydrogen-bond acceptors (Lipinski definition) is 3. The molecule has 1 aromatic carbocycles. The van der Waals surface area contributed by atoms with Crippen molar-refractivity contribution >= 4 is 0 Å². The Morgan fingerprint density at radius 2 is 2.28 bits per heavy atom. The summed E-state index contributed by atoms with van der Waals surface area (Å²) < 4.78 is 5.46. The lowest BCUT2D eigenvalue weighted by molar-refractivity contribution is 0.131. The van der Waals surface area contributed by atoms with E-state index in [2.05, 4.69) is 12.2 Å². The van der Waals surface area contributed by atoms with Crippen LogP contribution in [-0.2, 0) is 11.2 Å². The van der Waals surface area contributed by atoms with Crippen molar-refractivity contribution in [3.05, 3.63) is 29.3 Å². The molecule has 1 aromatic rings. The molecule has 0 aliphatic heterocycles. The number of ether oxygens (including phenoxy) is 1. The molecule has 0 amide bonds. The van der Waals surface area contributed by atoms with E-state index in [0.717, 1.165) is 45.4 Å². The first kappa shape index (κ1) is 13.4. The number of phenolic OH excluding ortho intramolecular Hbond substituents is 1. The first-order valence-electron chi connectivity index (χ1n) is 6.94. The van der Waals surface area contributed by atoms with E-state index < -0.39 is 0 Å². The van der Waals surface area contributed by atoms with E-state index in [1.807, 2.05) is 12.1 Å². The van der Waals surface area contributed by atoms with Crippen LogP contribution in [0.1, 0.15) is 43.4 Å². The van der Waals surface area contributed by atoms with Crippen molar-refractivity contribution < 1.29 is 9.84 Å². The summed E-state index contributed by atoms with van der Waals surface area (Å²) in [4.78, 5) is 0. The summed E-state index contributed by atoms with van der Waals surface area (Å²) >= 11 is 0. The van der Waals surface area contributed by atoms with Gasteiger partial charge in [0.2, 0.25) is 0 Å². The molecule has 0 bridgehead atoms. The largest absolute Gasteiger partial charge is 0.508 e. The van der Waals surface area contributed by atoms with Crippen LogP contribution < -0.4 is 5.32 Å². The molecular weight excluding hydrogens is 226 g/mol. The topological polar surface area (TPSA) is 41.5 Å². The maximum Gasteiger partial charge on any atom is 0.115 e. The van der Waals surface area contributed by atoms with Gasteiger partial charge in [0.25, 0.3) is 0 Å². The zero-order valence-corrected chi connectivity index (χ0v) is 11.1. The van der Waals surface area contributed by atoms with Crippen LogP contribution in [0.3, 0.4) is 0 Å². The first-order valence-corrected chi connectivity index (χ1v) is 6.94. The van der Waals surface area contributed by atoms with E-state index in [9.17, 15) is 5.11 Å². The van der Waals surface area contributed by atoms with Crippen LogP contribution >= 0.6 is 0 Å². The molecule has 18 heavy (non-hydrogen) atoms. The van der Waals surface area contributed by atoms with E-state index >= 15 is 0 Å². The van der Waals surface area contributed by atoms with Gasteiger partial charge in [-0.2, -0.15) is 0 Å². The quantitative estimate of drug-likeness (QED) is 0.730. The van der Waals surface area contributed by atoms with Crippen molar-refractivity contribution in [2.45, 2.75) is 38.6 Å². The van der Waals surface area contributed by atoms with E-state index in [4.69, 9.17) is 4.74 Å². The zero-order valence-electron chi connectivity index (χ0n) is 11.1. The van der Waals surface area contributed by atoms with Gasteiger partial charge in [-0.25, -0.2) is 0 Å². The summed E-state index contributed by atoms with van der Waals surface area (Å²) in [7, 11) is 0. The van der Waals surface area contributed by atoms with Crippen molar-refractivity contribution in [2.24, 2.45) is 0 Å². The van der Waals surface area contributed by atoms with E-state index in [-0.39, 0.29) is 0 Å². The molecule has 2 N–H and O–H groups in total. The van der Waals surface area contributed by atoms with Crippen molar-refractivity contribution in [3.8, 4) is 5.75 Å². The third kappa shape index (κ3) is 3.47. The van der Waals surface area contributed by atoms with Gasteiger partial charge in [-0.3, -0.25) is 0 Å². The van der Waals surface area contributed by atoms with Gasteiger partial charge >= 0.3 is 0 Å². The van der Waals surface area contributed by atoms with Crippen LogP contribution in [-0.4, -0.2) is 24.9 Å². The molecule has 1 atom stereocenters. The number of aryl methyl sites for hydroxylation is 1. The SMILES string of the molecule is CCCOCCCNC1CCc2cc(O)ccc21. The van der Waals surface area contributed by atoms with Crippen molar-refractivity contribution in [1.82, 2.24) is 5.32 Å². The summed E-state index contributed by atoms with van der Waals surface area (Å²) in [6, 6.07) is 6.17. The minimum Gasteiger partial charge on any atom is -0.508 e. The molecule has 3 heteroatoms. The fourth-order valence-electron chi connectivity index (χ4n) is 2.51. The number of aromatic hydroxyl groups is 1. The zero-order chi connectivity index (χ0) is 12.8. The fraction of sp³-hybridized carbons (Fsp3) is 0.600. The number of hydrogen-bond donors (Lipinski definition) is 2. The minimum absolute atomic E-state index is 0.377. The molecule has 0 aromatic heterocycles. The van der Waals surface area contributed by atoms with Gasteiger partial charge in [0, 0.05) is 19.3 Å². The summed E-state index contributed by atoms with van der Waals surface area (Å²) in [5.74, 6) is 0.377. The second-order valence-corrected chi connectivity index (χ2v) is 4.89. The Morgan fingerprint density at radius 3 is 3.11 bits per heavy atom. The minimum atomic E-state index is 0.377. The highest BCUT2D eigenvalue weighted by molar-refractivity contribution is 5.39. The standard InChI is InChI=1S/C15H23NO2/c1-2-9-18-10-3-8-16-15-7-4-12-11-13(17)5-6-14(12)15/h5-6,11,15-17H,2-4,7-10H2,1H3.